The highest BCUT2D eigenvalue weighted by Crippen LogP contribution is 2.19. The summed E-state index contributed by atoms with van der Waals surface area (Å²) in [4.78, 5) is 23.6. The van der Waals surface area contributed by atoms with Gasteiger partial charge >= 0.3 is 5.97 Å². The second-order valence-corrected chi connectivity index (χ2v) is 5.69. The van der Waals surface area contributed by atoms with E-state index >= 15 is 0 Å². The van der Waals surface area contributed by atoms with Crippen molar-refractivity contribution in [2.75, 3.05) is 19.1 Å². The third-order valence-corrected chi connectivity index (χ3v) is 3.83. The zero-order chi connectivity index (χ0) is 15.8. The van der Waals surface area contributed by atoms with E-state index in [0.717, 1.165) is 0 Å². The Balaban J connectivity index is 2.71. The summed E-state index contributed by atoms with van der Waals surface area (Å²) in [6.45, 7) is 0. The molecule has 0 fully saturated rings. The van der Waals surface area contributed by atoms with Crippen LogP contribution in [0.15, 0.2) is 18.2 Å². The normalized spacial score (nSPS) is 11.8. The molecule has 1 rings (SSSR count). The number of thioether (sulfide) groups is 1. The standard InChI is InChI=1S/C14H17ClFNO3S/c1-20-14(19)12(6-7-21-2)17-13(18)8-9-10(15)4-3-5-11(9)16/h3-5,12H,6-8H2,1-2H3,(H,17,18)/t12-/m0/s1. The molecule has 0 unspecified atom stereocenters. The number of amides is 1. The molecular weight excluding hydrogens is 317 g/mol. The third kappa shape index (κ3) is 5.55. The first-order valence-electron chi connectivity index (χ1n) is 6.28. The Labute approximate surface area is 132 Å². The van der Waals surface area contributed by atoms with Gasteiger partial charge in [0.2, 0.25) is 5.91 Å². The number of rotatable bonds is 7. The smallest absolute Gasteiger partial charge is 0.328 e. The highest BCUT2D eigenvalue weighted by Gasteiger charge is 2.22. The third-order valence-electron chi connectivity index (χ3n) is 2.83. The van der Waals surface area contributed by atoms with Crippen molar-refractivity contribution < 1.29 is 18.7 Å². The minimum atomic E-state index is -0.736. The fourth-order valence-corrected chi connectivity index (χ4v) is 2.44. The van der Waals surface area contributed by atoms with Crippen LogP contribution in [0.25, 0.3) is 0 Å². The topological polar surface area (TPSA) is 55.4 Å². The van der Waals surface area contributed by atoms with Gasteiger partial charge in [-0.2, -0.15) is 11.8 Å². The van der Waals surface area contributed by atoms with Gasteiger partial charge in [-0.1, -0.05) is 17.7 Å². The number of benzene rings is 1. The molecule has 1 amide bonds. The number of hydrogen-bond acceptors (Lipinski definition) is 4. The molecule has 1 aromatic carbocycles. The molecule has 0 saturated carbocycles. The Hall–Kier alpha value is -1.27. The lowest BCUT2D eigenvalue weighted by Gasteiger charge is -2.16. The highest BCUT2D eigenvalue weighted by atomic mass is 35.5. The van der Waals surface area contributed by atoms with Gasteiger partial charge in [-0.25, -0.2) is 9.18 Å². The fraction of sp³-hybridized carbons (Fsp3) is 0.429. The van der Waals surface area contributed by atoms with Gasteiger partial charge in [0.15, 0.2) is 0 Å². The first kappa shape index (κ1) is 17.8. The first-order chi connectivity index (χ1) is 9.99. The van der Waals surface area contributed by atoms with Gasteiger partial charge < -0.3 is 10.1 Å². The van der Waals surface area contributed by atoms with Gasteiger partial charge in [-0.05, 0) is 30.6 Å². The van der Waals surface area contributed by atoms with Gasteiger partial charge in [0, 0.05) is 10.6 Å². The van der Waals surface area contributed by atoms with Crippen LogP contribution in [0.5, 0.6) is 0 Å². The summed E-state index contributed by atoms with van der Waals surface area (Å²) in [5.74, 6) is -0.840. The van der Waals surface area contributed by atoms with E-state index in [9.17, 15) is 14.0 Å². The average molecular weight is 334 g/mol. The quantitative estimate of drug-likeness (QED) is 0.779. The minimum absolute atomic E-state index is 0.116. The van der Waals surface area contributed by atoms with Crippen LogP contribution in [0.4, 0.5) is 4.39 Å². The molecular formula is C14H17ClFNO3S. The summed E-state index contributed by atoms with van der Waals surface area (Å²) in [5, 5.41) is 2.74. The van der Waals surface area contributed by atoms with Crippen molar-refractivity contribution in [1.82, 2.24) is 5.32 Å². The number of ether oxygens (including phenoxy) is 1. The van der Waals surface area contributed by atoms with Gasteiger partial charge in [-0.3, -0.25) is 4.79 Å². The number of carbonyl (C=O) groups is 2. The maximum atomic E-state index is 13.6. The Kier molecular flexibility index (Phi) is 7.53. The number of hydrogen-bond donors (Lipinski definition) is 1. The van der Waals surface area contributed by atoms with Crippen molar-refractivity contribution in [3.05, 3.63) is 34.6 Å². The van der Waals surface area contributed by atoms with Crippen LogP contribution in [0.1, 0.15) is 12.0 Å². The maximum absolute atomic E-state index is 13.6. The summed E-state index contributed by atoms with van der Waals surface area (Å²) in [7, 11) is 1.26. The molecule has 0 saturated heterocycles. The van der Waals surface area contributed by atoms with Crippen molar-refractivity contribution in [2.45, 2.75) is 18.9 Å². The molecule has 1 N–H and O–H groups in total. The second-order valence-electron chi connectivity index (χ2n) is 4.30. The van der Waals surface area contributed by atoms with Crippen LogP contribution in [0, 0.1) is 5.82 Å². The number of esters is 1. The lowest BCUT2D eigenvalue weighted by molar-refractivity contribution is -0.145. The lowest BCUT2D eigenvalue weighted by Crippen LogP contribution is -2.42. The molecule has 0 aliphatic carbocycles. The van der Waals surface area contributed by atoms with Crippen molar-refractivity contribution in [3.8, 4) is 0 Å². The largest absolute Gasteiger partial charge is 0.467 e. The van der Waals surface area contributed by atoms with Crippen LogP contribution in [0.3, 0.4) is 0 Å². The van der Waals surface area contributed by atoms with Crippen LogP contribution < -0.4 is 5.32 Å². The van der Waals surface area contributed by atoms with E-state index < -0.39 is 23.7 Å². The molecule has 7 heteroatoms. The predicted molar refractivity (Wildman–Crippen MR) is 82.1 cm³/mol. The summed E-state index contributed by atoms with van der Waals surface area (Å²) in [6.07, 6.45) is 2.12. The van der Waals surface area contributed by atoms with Crippen LogP contribution in [-0.4, -0.2) is 37.0 Å². The molecule has 0 spiro atoms. The summed E-state index contributed by atoms with van der Waals surface area (Å²) in [5.41, 5.74) is 0.116. The number of nitrogens with one attached hydrogen (secondary N) is 1. The number of carbonyl (C=O) groups excluding carboxylic acids is 2. The minimum Gasteiger partial charge on any atom is -0.467 e. The summed E-state index contributed by atoms with van der Waals surface area (Å²) < 4.78 is 18.3. The molecule has 0 aliphatic heterocycles. The van der Waals surface area contributed by atoms with Gasteiger partial charge in [0.25, 0.3) is 0 Å². The number of halogens is 2. The predicted octanol–water partition coefficient (Wildman–Crippen LogP) is 2.43. The molecule has 0 aromatic heterocycles. The average Bonchev–Trinajstić information content (AvgIpc) is 2.46. The summed E-state index contributed by atoms with van der Waals surface area (Å²) >= 11 is 7.42. The second kappa shape index (κ2) is 8.89. The molecule has 0 heterocycles. The van der Waals surface area contributed by atoms with Crippen molar-refractivity contribution in [2.24, 2.45) is 0 Å². The van der Waals surface area contributed by atoms with Crippen molar-refractivity contribution in [3.63, 3.8) is 0 Å². The Morgan fingerprint density at radius 3 is 2.76 bits per heavy atom. The zero-order valence-electron chi connectivity index (χ0n) is 11.8. The lowest BCUT2D eigenvalue weighted by atomic mass is 10.1. The van der Waals surface area contributed by atoms with Gasteiger partial charge in [0.05, 0.1) is 13.5 Å². The Morgan fingerprint density at radius 2 is 2.19 bits per heavy atom. The molecule has 4 nitrogen and oxygen atoms in total. The Bertz CT molecular complexity index is 493. The van der Waals surface area contributed by atoms with Crippen LogP contribution in [0.2, 0.25) is 5.02 Å². The van der Waals surface area contributed by atoms with Gasteiger partial charge in [0.1, 0.15) is 11.9 Å². The molecule has 0 bridgehead atoms. The number of methoxy groups -OCH3 is 1. The molecule has 0 aliphatic rings. The molecule has 116 valence electrons. The van der Waals surface area contributed by atoms with E-state index in [2.05, 4.69) is 10.1 Å². The Morgan fingerprint density at radius 1 is 1.48 bits per heavy atom. The summed E-state index contributed by atoms with van der Waals surface area (Å²) in [6, 6.07) is 3.48. The molecule has 0 radical (unpaired) electrons. The van der Waals surface area contributed by atoms with Gasteiger partial charge in [-0.15, -0.1) is 0 Å². The van der Waals surface area contributed by atoms with Crippen LogP contribution >= 0.6 is 23.4 Å². The SMILES string of the molecule is COC(=O)[C@H](CCSC)NC(=O)Cc1c(F)cccc1Cl. The van der Waals surface area contributed by atoms with E-state index in [1.54, 1.807) is 11.8 Å². The van der Waals surface area contributed by atoms with E-state index in [1.807, 2.05) is 6.26 Å². The maximum Gasteiger partial charge on any atom is 0.328 e. The highest BCUT2D eigenvalue weighted by molar-refractivity contribution is 7.98. The first-order valence-corrected chi connectivity index (χ1v) is 8.05. The fourth-order valence-electron chi connectivity index (χ4n) is 1.73. The monoisotopic (exact) mass is 333 g/mol. The van der Waals surface area contributed by atoms with Crippen molar-refractivity contribution >= 4 is 35.2 Å². The zero-order valence-corrected chi connectivity index (χ0v) is 13.4. The van der Waals surface area contributed by atoms with Crippen LogP contribution in [-0.2, 0) is 20.7 Å². The molecule has 21 heavy (non-hydrogen) atoms. The molecule has 1 aromatic rings. The van der Waals surface area contributed by atoms with E-state index in [-0.39, 0.29) is 17.0 Å². The van der Waals surface area contributed by atoms with Crippen molar-refractivity contribution in [1.29, 1.82) is 0 Å². The van der Waals surface area contributed by atoms with E-state index in [1.165, 1.54) is 25.3 Å². The van der Waals surface area contributed by atoms with E-state index in [0.29, 0.717) is 12.2 Å². The molecule has 1 atom stereocenters. The van der Waals surface area contributed by atoms with E-state index in [4.69, 9.17) is 11.6 Å².